The Morgan fingerprint density at radius 3 is 2.44 bits per heavy atom. The maximum atomic E-state index is 11.9. The lowest BCUT2D eigenvalue weighted by molar-refractivity contribution is -0.142. The van der Waals surface area contributed by atoms with E-state index in [4.69, 9.17) is 4.74 Å². The molecule has 1 N–H and O–H groups in total. The van der Waals surface area contributed by atoms with Crippen molar-refractivity contribution in [3.8, 4) is 17.2 Å². The van der Waals surface area contributed by atoms with Crippen LogP contribution in [0.4, 0.5) is 0 Å². The fraction of sp³-hybridized carbons (Fsp3) is 0.238. The molecule has 0 amide bonds. The van der Waals surface area contributed by atoms with E-state index in [1.807, 2.05) is 42.7 Å². The van der Waals surface area contributed by atoms with E-state index in [1.54, 1.807) is 18.8 Å². The van der Waals surface area contributed by atoms with Gasteiger partial charge in [-0.25, -0.2) is 4.79 Å². The zero-order valence-corrected chi connectivity index (χ0v) is 16.2. The van der Waals surface area contributed by atoms with Crippen LogP contribution in [0, 0.1) is 11.3 Å². The van der Waals surface area contributed by atoms with Crippen molar-refractivity contribution in [3.63, 3.8) is 0 Å². The second-order valence-corrected chi connectivity index (χ2v) is 7.08. The number of nitrogens with zero attached hydrogens (tertiary/aromatic N) is 2. The van der Waals surface area contributed by atoms with Gasteiger partial charge in [0.25, 0.3) is 0 Å². The molecule has 0 saturated heterocycles. The Morgan fingerprint density at radius 1 is 1.22 bits per heavy atom. The number of ether oxygens (including phenoxy) is 1. The van der Waals surface area contributed by atoms with Crippen molar-refractivity contribution in [1.82, 2.24) is 4.90 Å². The molecule has 0 bridgehead atoms. The maximum absolute atomic E-state index is 11.9. The molecule has 2 atom stereocenters. The van der Waals surface area contributed by atoms with Gasteiger partial charge in [0.1, 0.15) is 12.1 Å². The van der Waals surface area contributed by atoms with E-state index in [2.05, 4.69) is 18.2 Å². The van der Waals surface area contributed by atoms with Crippen LogP contribution in [-0.4, -0.2) is 42.4 Å². The van der Waals surface area contributed by atoms with E-state index in [-0.39, 0.29) is 0 Å². The zero-order valence-electron chi connectivity index (χ0n) is 15.3. The first-order valence-electron chi connectivity index (χ1n) is 8.40. The summed E-state index contributed by atoms with van der Waals surface area (Å²) in [4.78, 5) is 14.5. The molecule has 0 fully saturated rings. The summed E-state index contributed by atoms with van der Waals surface area (Å²) < 4.78 is 5.30. The third-order valence-corrected chi connectivity index (χ3v) is 5.65. The Balaban J connectivity index is 2.04. The van der Waals surface area contributed by atoms with Gasteiger partial charge in [-0.1, -0.05) is 42.5 Å². The lowest BCUT2D eigenvalue weighted by Gasteiger charge is -2.24. The van der Waals surface area contributed by atoms with E-state index < -0.39 is 17.9 Å². The van der Waals surface area contributed by atoms with Crippen LogP contribution in [0.2, 0.25) is 0 Å². The third-order valence-electron chi connectivity index (χ3n) is 4.85. The normalized spacial score (nSPS) is 19.1. The molecule has 2 aromatic carbocycles. The molecule has 0 spiro atoms. The fourth-order valence-electron chi connectivity index (χ4n) is 3.61. The number of nitriles is 1. The smallest absolute Gasteiger partial charge is 0.327 e. The standard InChI is InChI=1S/C21H20N2O3S/c1-23-19(21(24)25)18(16(12-22)20(23)26-2)14-10-8-13(9-11-14)15-6-4-5-7-17(15)27-3/h4-11,18-19H,1-3H3,(H,24,25). The van der Waals surface area contributed by atoms with Gasteiger partial charge >= 0.3 is 5.97 Å². The lowest BCUT2D eigenvalue weighted by Crippen LogP contribution is -2.37. The van der Waals surface area contributed by atoms with Crippen molar-refractivity contribution in [3.05, 3.63) is 65.6 Å². The van der Waals surface area contributed by atoms with Crippen LogP contribution in [0.25, 0.3) is 11.1 Å². The highest BCUT2D eigenvalue weighted by Crippen LogP contribution is 2.41. The van der Waals surface area contributed by atoms with E-state index in [0.29, 0.717) is 11.5 Å². The average molecular weight is 380 g/mol. The zero-order chi connectivity index (χ0) is 19.6. The summed E-state index contributed by atoms with van der Waals surface area (Å²) in [7, 11) is 3.09. The molecule has 2 aromatic rings. The van der Waals surface area contributed by atoms with Crippen LogP contribution in [0.15, 0.2) is 64.9 Å². The molecule has 0 aliphatic carbocycles. The van der Waals surface area contributed by atoms with E-state index >= 15 is 0 Å². The molecule has 0 saturated carbocycles. The molecule has 5 nitrogen and oxygen atoms in total. The predicted molar refractivity (Wildman–Crippen MR) is 105 cm³/mol. The SMILES string of the molecule is COC1=C(C#N)C(c2ccc(-c3ccccc3SC)cc2)C(C(=O)O)N1C. The number of methoxy groups -OCH3 is 1. The molecule has 138 valence electrons. The van der Waals surface area contributed by atoms with Crippen LogP contribution in [0.3, 0.4) is 0 Å². The first-order valence-corrected chi connectivity index (χ1v) is 9.63. The Kier molecular flexibility index (Phi) is 5.43. The molecule has 6 heteroatoms. The minimum absolute atomic E-state index is 0.312. The largest absolute Gasteiger partial charge is 0.482 e. The topological polar surface area (TPSA) is 73.6 Å². The third kappa shape index (κ3) is 3.26. The average Bonchev–Trinajstić information content (AvgIpc) is 2.99. The van der Waals surface area contributed by atoms with Crippen LogP contribution in [0.5, 0.6) is 0 Å². The summed E-state index contributed by atoms with van der Waals surface area (Å²) >= 11 is 1.68. The minimum Gasteiger partial charge on any atom is -0.482 e. The van der Waals surface area contributed by atoms with Gasteiger partial charge in [-0.3, -0.25) is 0 Å². The molecule has 1 aliphatic heterocycles. The second kappa shape index (κ2) is 7.77. The van der Waals surface area contributed by atoms with Gasteiger partial charge in [-0.05, 0) is 29.0 Å². The Labute approximate surface area is 162 Å². The van der Waals surface area contributed by atoms with Crippen molar-refractivity contribution >= 4 is 17.7 Å². The highest BCUT2D eigenvalue weighted by atomic mass is 32.2. The molecule has 0 radical (unpaired) electrons. The Bertz CT molecular complexity index is 931. The quantitative estimate of drug-likeness (QED) is 0.792. The molecule has 2 unspecified atom stereocenters. The van der Waals surface area contributed by atoms with Gasteiger partial charge in [-0.2, -0.15) is 5.26 Å². The van der Waals surface area contributed by atoms with Crippen molar-refractivity contribution in [2.75, 3.05) is 20.4 Å². The number of aliphatic carboxylic acids is 1. The monoisotopic (exact) mass is 380 g/mol. The molecule has 1 aliphatic rings. The molecular weight excluding hydrogens is 360 g/mol. The number of rotatable bonds is 5. The number of thioether (sulfide) groups is 1. The van der Waals surface area contributed by atoms with E-state index in [9.17, 15) is 15.2 Å². The fourth-order valence-corrected chi connectivity index (χ4v) is 4.23. The highest BCUT2D eigenvalue weighted by molar-refractivity contribution is 7.98. The lowest BCUT2D eigenvalue weighted by atomic mass is 9.87. The van der Waals surface area contributed by atoms with Gasteiger partial charge in [0, 0.05) is 11.9 Å². The molecule has 27 heavy (non-hydrogen) atoms. The number of hydrogen-bond acceptors (Lipinski definition) is 5. The van der Waals surface area contributed by atoms with Crippen LogP contribution in [-0.2, 0) is 9.53 Å². The van der Waals surface area contributed by atoms with Gasteiger partial charge in [0.15, 0.2) is 0 Å². The molecule has 3 rings (SSSR count). The first kappa shape index (κ1) is 18.9. The van der Waals surface area contributed by atoms with Crippen molar-refractivity contribution in [1.29, 1.82) is 5.26 Å². The summed E-state index contributed by atoms with van der Waals surface area (Å²) in [5.74, 6) is -1.25. The number of hydrogen-bond donors (Lipinski definition) is 1. The maximum Gasteiger partial charge on any atom is 0.327 e. The number of carboxylic acid groups (broad SMARTS) is 1. The Hall–Kier alpha value is -2.91. The van der Waals surface area contributed by atoms with Gasteiger partial charge < -0.3 is 14.7 Å². The summed E-state index contributed by atoms with van der Waals surface area (Å²) in [5, 5.41) is 19.3. The minimum atomic E-state index is -0.987. The number of benzene rings is 2. The predicted octanol–water partition coefficient (Wildman–Crippen LogP) is 3.94. The summed E-state index contributed by atoms with van der Waals surface area (Å²) in [6.07, 6.45) is 2.04. The number of likely N-dealkylation sites (N-methyl/N-ethyl adjacent to an activating group) is 1. The first-order chi connectivity index (χ1) is 13.0. The van der Waals surface area contributed by atoms with E-state index in [0.717, 1.165) is 16.7 Å². The van der Waals surface area contributed by atoms with Crippen molar-refractivity contribution in [2.45, 2.75) is 16.9 Å². The van der Waals surface area contributed by atoms with Crippen molar-refractivity contribution in [2.24, 2.45) is 0 Å². The summed E-state index contributed by atoms with van der Waals surface area (Å²) in [6.45, 7) is 0. The van der Waals surface area contributed by atoms with Gasteiger partial charge in [0.05, 0.1) is 18.6 Å². The van der Waals surface area contributed by atoms with Crippen LogP contribution < -0.4 is 0 Å². The summed E-state index contributed by atoms with van der Waals surface area (Å²) in [5.41, 5.74) is 3.30. The molecular formula is C21H20N2O3S. The Morgan fingerprint density at radius 2 is 1.89 bits per heavy atom. The number of carboxylic acids is 1. The van der Waals surface area contributed by atoms with Crippen LogP contribution in [0.1, 0.15) is 11.5 Å². The van der Waals surface area contributed by atoms with Gasteiger partial charge in [-0.15, -0.1) is 11.8 Å². The molecule has 0 aromatic heterocycles. The number of carbonyl (C=O) groups is 1. The summed E-state index contributed by atoms with van der Waals surface area (Å²) in [6, 6.07) is 17.2. The van der Waals surface area contributed by atoms with Crippen LogP contribution >= 0.6 is 11.8 Å². The molecule has 1 heterocycles. The van der Waals surface area contributed by atoms with Crippen molar-refractivity contribution < 1.29 is 14.6 Å². The van der Waals surface area contributed by atoms with Gasteiger partial charge in [0.2, 0.25) is 5.88 Å². The highest BCUT2D eigenvalue weighted by Gasteiger charge is 2.45. The second-order valence-electron chi connectivity index (χ2n) is 6.23. The van der Waals surface area contributed by atoms with E-state index in [1.165, 1.54) is 16.9 Å².